The first-order valence-corrected chi connectivity index (χ1v) is 8.96. The van der Waals surface area contributed by atoms with E-state index in [2.05, 4.69) is 28.1 Å². The highest BCUT2D eigenvalue weighted by Crippen LogP contribution is 2.30. The molecule has 124 valence electrons. The number of ether oxygens (including phenoxy) is 1. The van der Waals surface area contributed by atoms with E-state index in [1.54, 1.807) is 0 Å². The molecule has 2 aliphatic rings. The Balaban J connectivity index is 1.37. The largest absolute Gasteiger partial charge is 0.490 e. The number of hydrogen-bond acceptors (Lipinski definition) is 3. The van der Waals surface area contributed by atoms with Crippen LogP contribution < -0.4 is 4.74 Å². The topological polar surface area (TPSA) is 48.5 Å². The summed E-state index contributed by atoms with van der Waals surface area (Å²) in [4.78, 5) is 5.72. The summed E-state index contributed by atoms with van der Waals surface area (Å²) in [5, 5.41) is 11.4. The Kier molecular flexibility index (Phi) is 4.27. The number of H-pyrrole nitrogens is 1. The minimum absolute atomic E-state index is 0.130. The summed E-state index contributed by atoms with van der Waals surface area (Å²) in [5.41, 5.74) is 1.13. The molecule has 0 spiro atoms. The Bertz CT molecular complexity index is 646. The molecular formula is C19H26N2O2. The summed E-state index contributed by atoms with van der Waals surface area (Å²) < 4.78 is 6.28. The van der Waals surface area contributed by atoms with Crippen LogP contribution in [0.5, 0.6) is 5.75 Å². The van der Waals surface area contributed by atoms with Gasteiger partial charge in [-0.3, -0.25) is 4.90 Å². The van der Waals surface area contributed by atoms with Crippen molar-refractivity contribution in [1.82, 2.24) is 9.88 Å². The fourth-order valence-electron chi connectivity index (χ4n) is 4.18. The SMILES string of the molecule is OC1CCCCC1N1CCC(Oc2cccc3[nH]ccc23)CC1. The van der Waals surface area contributed by atoms with Gasteiger partial charge < -0.3 is 14.8 Å². The maximum atomic E-state index is 10.2. The molecule has 1 aliphatic carbocycles. The van der Waals surface area contributed by atoms with Gasteiger partial charge in [0.1, 0.15) is 11.9 Å². The highest BCUT2D eigenvalue weighted by molar-refractivity contribution is 5.85. The average Bonchev–Trinajstić information content (AvgIpc) is 3.06. The molecule has 2 fully saturated rings. The molecule has 2 heterocycles. The van der Waals surface area contributed by atoms with Gasteiger partial charge in [-0.25, -0.2) is 0 Å². The first-order valence-electron chi connectivity index (χ1n) is 8.96. The van der Waals surface area contributed by atoms with Gasteiger partial charge in [0.25, 0.3) is 0 Å². The van der Waals surface area contributed by atoms with Crippen molar-refractivity contribution >= 4 is 10.9 Å². The molecule has 2 aromatic rings. The molecule has 1 aromatic carbocycles. The van der Waals surface area contributed by atoms with E-state index in [1.165, 1.54) is 12.8 Å². The number of aromatic amines is 1. The number of rotatable bonds is 3. The third kappa shape index (κ3) is 3.10. The van der Waals surface area contributed by atoms with Crippen molar-refractivity contribution in [2.75, 3.05) is 13.1 Å². The minimum Gasteiger partial charge on any atom is -0.490 e. The molecule has 2 atom stereocenters. The summed E-state index contributed by atoms with van der Waals surface area (Å²) in [6.45, 7) is 2.07. The van der Waals surface area contributed by atoms with Crippen molar-refractivity contribution in [2.45, 2.75) is 56.8 Å². The maximum Gasteiger partial charge on any atom is 0.129 e. The fourth-order valence-corrected chi connectivity index (χ4v) is 4.18. The molecule has 4 heteroatoms. The Labute approximate surface area is 137 Å². The molecule has 4 rings (SSSR count). The van der Waals surface area contributed by atoms with Gasteiger partial charge in [0.05, 0.1) is 6.10 Å². The van der Waals surface area contributed by atoms with Gasteiger partial charge >= 0.3 is 0 Å². The number of nitrogens with one attached hydrogen (secondary N) is 1. The smallest absolute Gasteiger partial charge is 0.129 e. The van der Waals surface area contributed by atoms with Gasteiger partial charge in [-0.1, -0.05) is 18.9 Å². The van der Waals surface area contributed by atoms with E-state index in [0.717, 1.165) is 55.4 Å². The highest BCUT2D eigenvalue weighted by Gasteiger charge is 2.31. The zero-order valence-corrected chi connectivity index (χ0v) is 13.6. The van der Waals surface area contributed by atoms with Crippen molar-refractivity contribution in [2.24, 2.45) is 0 Å². The fraction of sp³-hybridized carbons (Fsp3) is 0.579. The number of likely N-dealkylation sites (tertiary alicyclic amines) is 1. The van der Waals surface area contributed by atoms with Crippen LogP contribution in [0, 0.1) is 0 Å². The van der Waals surface area contributed by atoms with Crippen LogP contribution in [0.3, 0.4) is 0 Å². The molecule has 1 saturated heterocycles. The second-order valence-electron chi connectivity index (χ2n) is 6.97. The molecule has 2 unspecified atom stereocenters. The Morgan fingerprint density at radius 3 is 2.70 bits per heavy atom. The lowest BCUT2D eigenvalue weighted by Crippen LogP contribution is -2.50. The molecule has 1 aromatic heterocycles. The van der Waals surface area contributed by atoms with Crippen LogP contribution in [0.25, 0.3) is 10.9 Å². The van der Waals surface area contributed by atoms with E-state index in [9.17, 15) is 5.11 Å². The predicted octanol–water partition coefficient (Wildman–Crippen LogP) is 3.31. The summed E-state index contributed by atoms with van der Waals surface area (Å²) in [5.74, 6) is 0.986. The van der Waals surface area contributed by atoms with Gasteiger partial charge in [-0.05, 0) is 43.9 Å². The molecule has 1 saturated carbocycles. The second-order valence-corrected chi connectivity index (χ2v) is 6.97. The predicted molar refractivity (Wildman–Crippen MR) is 91.8 cm³/mol. The first kappa shape index (κ1) is 15.0. The summed E-state index contributed by atoms with van der Waals surface area (Å²) in [6, 6.07) is 8.64. The maximum absolute atomic E-state index is 10.2. The molecule has 23 heavy (non-hydrogen) atoms. The van der Waals surface area contributed by atoms with E-state index < -0.39 is 0 Å². The standard InChI is InChI=1S/C19H26N2O2/c22-18-6-2-1-5-17(18)21-12-9-14(10-13-21)23-19-7-3-4-16-15(19)8-11-20-16/h3-4,7-8,11,14,17-18,20,22H,1-2,5-6,9-10,12-13H2. The third-order valence-electron chi connectivity index (χ3n) is 5.49. The van der Waals surface area contributed by atoms with Crippen LogP contribution in [0.1, 0.15) is 38.5 Å². The lowest BCUT2D eigenvalue weighted by molar-refractivity contribution is -0.00672. The Morgan fingerprint density at radius 1 is 1.04 bits per heavy atom. The summed E-state index contributed by atoms with van der Waals surface area (Å²) >= 11 is 0. The lowest BCUT2D eigenvalue weighted by atomic mass is 9.90. The van der Waals surface area contributed by atoms with E-state index in [1.807, 2.05) is 12.3 Å². The minimum atomic E-state index is -0.130. The van der Waals surface area contributed by atoms with Gasteiger partial charge in [-0.15, -0.1) is 0 Å². The number of nitrogens with zero attached hydrogens (tertiary/aromatic N) is 1. The average molecular weight is 314 g/mol. The molecule has 0 radical (unpaired) electrons. The Hall–Kier alpha value is -1.52. The van der Waals surface area contributed by atoms with Crippen LogP contribution >= 0.6 is 0 Å². The molecule has 1 aliphatic heterocycles. The molecule has 0 amide bonds. The quantitative estimate of drug-likeness (QED) is 0.914. The number of aliphatic hydroxyl groups excluding tert-OH is 1. The normalized spacial score (nSPS) is 27.3. The van der Waals surface area contributed by atoms with E-state index in [0.29, 0.717) is 6.04 Å². The monoisotopic (exact) mass is 314 g/mol. The number of benzene rings is 1. The Morgan fingerprint density at radius 2 is 1.87 bits per heavy atom. The van der Waals surface area contributed by atoms with E-state index >= 15 is 0 Å². The molecule has 2 N–H and O–H groups in total. The van der Waals surface area contributed by atoms with Crippen molar-refractivity contribution in [1.29, 1.82) is 0 Å². The summed E-state index contributed by atoms with van der Waals surface area (Å²) in [6.07, 6.45) is 8.76. The highest BCUT2D eigenvalue weighted by atomic mass is 16.5. The molecular weight excluding hydrogens is 288 g/mol. The van der Waals surface area contributed by atoms with Crippen molar-refractivity contribution in [3.63, 3.8) is 0 Å². The summed E-state index contributed by atoms with van der Waals surface area (Å²) in [7, 11) is 0. The molecule has 0 bridgehead atoms. The van der Waals surface area contributed by atoms with Gasteiger partial charge in [-0.2, -0.15) is 0 Å². The van der Waals surface area contributed by atoms with Gasteiger partial charge in [0, 0.05) is 36.2 Å². The van der Waals surface area contributed by atoms with Crippen molar-refractivity contribution in [3.8, 4) is 5.75 Å². The number of aromatic nitrogens is 1. The number of hydrogen-bond donors (Lipinski definition) is 2. The van der Waals surface area contributed by atoms with E-state index in [4.69, 9.17) is 4.74 Å². The number of aliphatic hydroxyl groups is 1. The van der Waals surface area contributed by atoms with Gasteiger partial charge in [0.15, 0.2) is 0 Å². The van der Waals surface area contributed by atoms with E-state index in [-0.39, 0.29) is 12.2 Å². The zero-order chi connectivity index (χ0) is 15.6. The van der Waals surface area contributed by atoms with Crippen LogP contribution in [-0.4, -0.2) is 46.3 Å². The van der Waals surface area contributed by atoms with Gasteiger partial charge in [0.2, 0.25) is 0 Å². The van der Waals surface area contributed by atoms with Crippen LogP contribution in [0.4, 0.5) is 0 Å². The zero-order valence-electron chi connectivity index (χ0n) is 13.6. The van der Waals surface area contributed by atoms with Crippen molar-refractivity contribution < 1.29 is 9.84 Å². The number of piperidine rings is 1. The number of fused-ring (bicyclic) bond motifs is 1. The lowest BCUT2D eigenvalue weighted by Gasteiger charge is -2.41. The van der Waals surface area contributed by atoms with Crippen LogP contribution in [-0.2, 0) is 0 Å². The molecule has 4 nitrogen and oxygen atoms in total. The third-order valence-corrected chi connectivity index (χ3v) is 5.49. The van der Waals surface area contributed by atoms with Crippen LogP contribution in [0.2, 0.25) is 0 Å². The van der Waals surface area contributed by atoms with Crippen molar-refractivity contribution in [3.05, 3.63) is 30.5 Å². The second kappa shape index (κ2) is 6.54. The first-order chi connectivity index (χ1) is 11.3. The van der Waals surface area contributed by atoms with Crippen LogP contribution in [0.15, 0.2) is 30.5 Å².